The zero-order chi connectivity index (χ0) is 23.5. The van der Waals surface area contributed by atoms with Crippen molar-refractivity contribution in [3.8, 4) is 5.75 Å². The lowest BCUT2D eigenvalue weighted by molar-refractivity contribution is -0.274. The van der Waals surface area contributed by atoms with Crippen LogP contribution in [0.2, 0.25) is 5.02 Å². The normalized spacial score (nSPS) is 18.2. The second-order valence-corrected chi connectivity index (χ2v) is 7.51. The topological polar surface area (TPSA) is 80.2 Å². The molecule has 0 saturated carbocycles. The molecule has 0 aromatic heterocycles. The summed E-state index contributed by atoms with van der Waals surface area (Å²) in [6.45, 7) is 3.27. The number of rotatable bonds is 5. The SMILES string of the molecule is CCOC(=O)C1(C)CN(C(=O)Nc2cccc(OC(F)(F)F)c2)N=C1c1ccc(Cl)cc1. The fourth-order valence-corrected chi connectivity index (χ4v) is 3.28. The molecule has 2 amide bonds. The Morgan fingerprint density at radius 2 is 1.91 bits per heavy atom. The number of alkyl halides is 3. The number of hydrogen-bond acceptors (Lipinski definition) is 5. The Hall–Kier alpha value is -3.27. The number of nitrogens with zero attached hydrogens (tertiary/aromatic N) is 2. The van der Waals surface area contributed by atoms with E-state index in [-0.39, 0.29) is 18.8 Å². The molecule has 1 unspecified atom stereocenters. The van der Waals surface area contributed by atoms with Crippen LogP contribution in [0.5, 0.6) is 5.75 Å². The molecule has 2 aromatic rings. The molecule has 1 N–H and O–H groups in total. The van der Waals surface area contributed by atoms with Crippen LogP contribution < -0.4 is 10.1 Å². The van der Waals surface area contributed by atoms with E-state index < -0.39 is 29.5 Å². The Morgan fingerprint density at radius 1 is 1.22 bits per heavy atom. The van der Waals surface area contributed by atoms with E-state index in [0.717, 1.165) is 17.1 Å². The number of amides is 2. The maximum Gasteiger partial charge on any atom is 0.573 e. The Morgan fingerprint density at radius 3 is 2.53 bits per heavy atom. The first kappa shape index (κ1) is 23.4. The van der Waals surface area contributed by atoms with E-state index in [4.69, 9.17) is 16.3 Å². The van der Waals surface area contributed by atoms with Crippen LogP contribution >= 0.6 is 11.6 Å². The van der Waals surface area contributed by atoms with Crippen LogP contribution in [0.3, 0.4) is 0 Å². The summed E-state index contributed by atoms with van der Waals surface area (Å²) in [4.78, 5) is 25.5. The fourth-order valence-electron chi connectivity index (χ4n) is 3.15. The van der Waals surface area contributed by atoms with E-state index in [1.807, 2.05) is 0 Å². The molecule has 0 bridgehead atoms. The van der Waals surface area contributed by atoms with Gasteiger partial charge in [-0.05, 0) is 43.7 Å². The van der Waals surface area contributed by atoms with Crippen LogP contribution in [-0.4, -0.2) is 42.2 Å². The molecule has 170 valence electrons. The maximum atomic E-state index is 12.8. The molecule has 0 fully saturated rings. The molecule has 32 heavy (non-hydrogen) atoms. The van der Waals surface area contributed by atoms with Crippen molar-refractivity contribution in [3.63, 3.8) is 0 Å². The highest BCUT2D eigenvalue weighted by Crippen LogP contribution is 2.34. The monoisotopic (exact) mass is 469 g/mol. The van der Waals surface area contributed by atoms with E-state index in [1.54, 1.807) is 38.1 Å². The zero-order valence-electron chi connectivity index (χ0n) is 17.1. The molecule has 11 heteroatoms. The summed E-state index contributed by atoms with van der Waals surface area (Å²) in [5, 5.41) is 8.28. The van der Waals surface area contributed by atoms with Gasteiger partial charge in [-0.2, -0.15) is 5.10 Å². The van der Waals surface area contributed by atoms with Crippen molar-refractivity contribution in [3.05, 3.63) is 59.1 Å². The standard InChI is InChI=1S/C21H19ClF3N3O4/c1-3-31-18(29)20(2)12-28(27-17(20)13-7-9-14(22)10-8-13)19(30)26-15-5-4-6-16(11-15)32-21(23,24)25/h4-11H,3,12H2,1-2H3,(H,26,30). The van der Waals surface area contributed by atoms with Gasteiger partial charge in [0.05, 0.1) is 18.9 Å². The third kappa shape index (κ3) is 5.31. The molecule has 0 spiro atoms. The molecule has 7 nitrogen and oxygen atoms in total. The van der Waals surface area contributed by atoms with Gasteiger partial charge in [0.1, 0.15) is 11.2 Å². The predicted octanol–water partition coefficient (Wildman–Crippen LogP) is 5.06. The quantitative estimate of drug-likeness (QED) is 0.621. The van der Waals surface area contributed by atoms with Crippen LogP contribution in [0.25, 0.3) is 0 Å². The summed E-state index contributed by atoms with van der Waals surface area (Å²) in [6, 6.07) is 10.7. The van der Waals surface area contributed by atoms with E-state index >= 15 is 0 Å². The fraction of sp³-hybridized carbons (Fsp3) is 0.286. The minimum Gasteiger partial charge on any atom is -0.465 e. The third-order valence-electron chi connectivity index (χ3n) is 4.61. The van der Waals surface area contributed by atoms with E-state index in [0.29, 0.717) is 16.3 Å². The maximum absolute atomic E-state index is 12.8. The number of carbonyl (C=O) groups excluding carboxylic acids is 2. The van der Waals surface area contributed by atoms with Crippen molar-refractivity contribution < 1.29 is 32.2 Å². The molecule has 0 radical (unpaired) electrons. The van der Waals surface area contributed by atoms with Crippen molar-refractivity contribution in [1.82, 2.24) is 5.01 Å². The average molecular weight is 470 g/mol. The number of hydrazone groups is 1. The molecular formula is C21H19ClF3N3O4. The van der Waals surface area contributed by atoms with Gasteiger partial charge in [-0.25, -0.2) is 9.80 Å². The Labute approximate surface area is 186 Å². The first-order chi connectivity index (χ1) is 15.0. The lowest BCUT2D eigenvalue weighted by Gasteiger charge is -2.24. The van der Waals surface area contributed by atoms with Gasteiger partial charge in [0.15, 0.2) is 0 Å². The summed E-state index contributed by atoms with van der Waals surface area (Å²) in [5.74, 6) is -1.05. The van der Waals surface area contributed by atoms with Gasteiger partial charge in [-0.1, -0.05) is 29.8 Å². The van der Waals surface area contributed by atoms with Gasteiger partial charge in [0, 0.05) is 16.8 Å². The number of nitrogens with one attached hydrogen (secondary N) is 1. The number of hydrogen-bond donors (Lipinski definition) is 1. The second-order valence-electron chi connectivity index (χ2n) is 7.07. The van der Waals surface area contributed by atoms with Gasteiger partial charge < -0.3 is 14.8 Å². The molecule has 1 heterocycles. The van der Waals surface area contributed by atoms with Crippen molar-refractivity contribution in [1.29, 1.82) is 0 Å². The number of halogens is 4. The largest absolute Gasteiger partial charge is 0.573 e. The minimum atomic E-state index is -4.86. The molecule has 1 atom stereocenters. The number of ether oxygens (including phenoxy) is 2. The van der Waals surface area contributed by atoms with Crippen LogP contribution in [0, 0.1) is 5.41 Å². The molecule has 0 saturated heterocycles. The van der Waals surface area contributed by atoms with Gasteiger partial charge in [-0.15, -0.1) is 13.2 Å². The number of esters is 1. The van der Waals surface area contributed by atoms with Crippen molar-refractivity contribution in [2.75, 3.05) is 18.5 Å². The second kappa shape index (κ2) is 9.07. The summed E-state index contributed by atoms with van der Waals surface area (Å²) in [5.41, 5.74) is -0.329. The minimum absolute atomic E-state index is 0.0599. The van der Waals surface area contributed by atoms with E-state index in [2.05, 4.69) is 15.2 Å². The molecule has 1 aliphatic heterocycles. The highest BCUT2D eigenvalue weighted by atomic mass is 35.5. The summed E-state index contributed by atoms with van der Waals surface area (Å²) in [7, 11) is 0. The van der Waals surface area contributed by atoms with E-state index in [1.165, 1.54) is 12.1 Å². The van der Waals surface area contributed by atoms with Crippen LogP contribution in [0.4, 0.5) is 23.7 Å². The van der Waals surface area contributed by atoms with Gasteiger partial charge in [0.2, 0.25) is 0 Å². The van der Waals surface area contributed by atoms with Gasteiger partial charge >= 0.3 is 18.4 Å². The summed E-state index contributed by atoms with van der Waals surface area (Å²) >= 11 is 5.94. The zero-order valence-corrected chi connectivity index (χ0v) is 17.8. The number of urea groups is 1. The number of benzene rings is 2. The predicted molar refractivity (Wildman–Crippen MR) is 112 cm³/mol. The highest BCUT2D eigenvalue weighted by Gasteiger charge is 2.48. The smallest absolute Gasteiger partial charge is 0.465 e. The number of carbonyl (C=O) groups is 2. The van der Waals surface area contributed by atoms with Crippen LogP contribution in [-0.2, 0) is 9.53 Å². The van der Waals surface area contributed by atoms with Crippen molar-refractivity contribution >= 4 is 35.0 Å². The Balaban J connectivity index is 1.86. The summed E-state index contributed by atoms with van der Waals surface area (Å²) < 4.78 is 46.4. The van der Waals surface area contributed by atoms with Crippen molar-refractivity contribution in [2.45, 2.75) is 20.2 Å². The summed E-state index contributed by atoms with van der Waals surface area (Å²) in [6.07, 6.45) is -4.86. The number of anilines is 1. The van der Waals surface area contributed by atoms with Gasteiger partial charge in [-0.3, -0.25) is 4.79 Å². The average Bonchev–Trinajstić information content (AvgIpc) is 3.07. The first-order valence-corrected chi connectivity index (χ1v) is 9.86. The molecule has 2 aromatic carbocycles. The Bertz CT molecular complexity index is 1040. The first-order valence-electron chi connectivity index (χ1n) is 9.48. The van der Waals surface area contributed by atoms with Crippen LogP contribution in [0.15, 0.2) is 53.6 Å². The Kier molecular flexibility index (Phi) is 6.63. The lowest BCUT2D eigenvalue weighted by Crippen LogP contribution is -2.42. The lowest BCUT2D eigenvalue weighted by atomic mass is 9.82. The molecule has 3 rings (SSSR count). The molecular weight excluding hydrogens is 451 g/mol. The molecule has 0 aliphatic carbocycles. The highest BCUT2D eigenvalue weighted by molar-refractivity contribution is 6.30. The third-order valence-corrected chi connectivity index (χ3v) is 4.86. The van der Waals surface area contributed by atoms with Crippen molar-refractivity contribution in [2.24, 2.45) is 10.5 Å². The molecule has 1 aliphatic rings. The van der Waals surface area contributed by atoms with Crippen LogP contribution in [0.1, 0.15) is 19.4 Å². The van der Waals surface area contributed by atoms with E-state index in [9.17, 15) is 22.8 Å². The van der Waals surface area contributed by atoms with Gasteiger partial charge in [0.25, 0.3) is 0 Å².